The maximum atomic E-state index is 5.85. The summed E-state index contributed by atoms with van der Waals surface area (Å²) in [4.78, 5) is 4.38. The van der Waals surface area contributed by atoms with Gasteiger partial charge in [0, 0.05) is 17.3 Å². The summed E-state index contributed by atoms with van der Waals surface area (Å²) in [6.45, 7) is 12.1. The molecule has 1 aliphatic heterocycles. The number of aryl methyl sites for hydroxylation is 1. The van der Waals surface area contributed by atoms with Crippen LogP contribution in [0.2, 0.25) is 0 Å². The number of nitrogens with zero attached hydrogens (tertiary/aromatic N) is 1. The SMILES string of the molecule is C=C/C=C1/COc2c(ccc(C)c2C)/C1=N/C=C. The van der Waals surface area contributed by atoms with Gasteiger partial charge in [0.2, 0.25) is 0 Å². The van der Waals surface area contributed by atoms with Crippen LogP contribution in [0.15, 0.2) is 54.2 Å². The van der Waals surface area contributed by atoms with Crippen LogP contribution in [0.4, 0.5) is 0 Å². The summed E-state index contributed by atoms with van der Waals surface area (Å²) < 4.78 is 5.85. The van der Waals surface area contributed by atoms with Crippen molar-refractivity contribution < 1.29 is 4.74 Å². The van der Waals surface area contributed by atoms with E-state index in [2.05, 4.69) is 44.1 Å². The van der Waals surface area contributed by atoms with Crippen molar-refractivity contribution in [3.8, 4) is 5.75 Å². The molecular weight excluding hydrogens is 222 g/mol. The van der Waals surface area contributed by atoms with Crippen LogP contribution in [-0.4, -0.2) is 12.3 Å². The van der Waals surface area contributed by atoms with Gasteiger partial charge in [0.15, 0.2) is 0 Å². The molecule has 0 aromatic heterocycles. The average molecular weight is 239 g/mol. The minimum atomic E-state index is 0.524. The minimum absolute atomic E-state index is 0.524. The molecule has 0 atom stereocenters. The number of rotatable bonds is 2. The molecule has 0 N–H and O–H groups in total. The van der Waals surface area contributed by atoms with E-state index in [9.17, 15) is 0 Å². The van der Waals surface area contributed by atoms with E-state index in [4.69, 9.17) is 4.74 Å². The molecule has 1 aromatic carbocycles. The summed E-state index contributed by atoms with van der Waals surface area (Å²) in [6, 6.07) is 4.14. The number of benzene rings is 1. The maximum absolute atomic E-state index is 5.85. The average Bonchev–Trinajstić information content (AvgIpc) is 2.37. The monoisotopic (exact) mass is 239 g/mol. The van der Waals surface area contributed by atoms with Crippen molar-refractivity contribution in [2.24, 2.45) is 4.99 Å². The number of hydrogen-bond donors (Lipinski definition) is 0. The van der Waals surface area contributed by atoms with E-state index in [1.807, 2.05) is 6.08 Å². The van der Waals surface area contributed by atoms with Gasteiger partial charge in [-0.1, -0.05) is 31.4 Å². The molecule has 0 amide bonds. The zero-order valence-corrected chi connectivity index (χ0v) is 10.9. The van der Waals surface area contributed by atoms with Crippen LogP contribution in [0.25, 0.3) is 0 Å². The van der Waals surface area contributed by atoms with Gasteiger partial charge in [-0.25, -0.2) is 0 Å². The van der Waals surface area contributed by atoms with Gasteiger partial charge in [0.25, 0.3) is 0 Å². The lowest BCUT2D eigenvalue weighted by molar-refractivity contribution is 0.348. The third-order valence-electron chi connectivity index (χ3n) is 3.15. The van der Waals surface area contributed by atoms with Gasteiger partial charge < -0.3 is 4.74 Å². The number of aliphatic imine (C=N–C) groups is 1. The predicted octanol–water partition coefficient (Wildman–Crippen LogP) is 3.74. The van der Waals surface area contributed by atoms with E-state index in [1.54, 1.807) is 12.3 Å². The molecule has 2 rings (SSSR count). The first kappa shape index (κ1) is 12.4. The van der Waals surface area contributed by atoms with Crippen LogP contribution in [-0.2, 0) is 0 Å². The Balaban J connectivity index is 2.65. The van der Waals surface area contributed by atoms with Gasteiger partial charge in [-0.15, -0.1) is 0 Å². The van der Waals surface area contributed by atoms with Crippen molar-refractivity contribution in [3.63, 3.8) is 0 Å². The highest BCUT2D eigenvalue weighted by molar-refractivity contribution is 6.16. The lowest BCUT2D eigenvalue weighted by atomic mass is 9.94. The van der Waals surface area contributed by atoms with E-state index >= 15 is 0 Å². The van der Waals surface area contributed by atoms with E-state index in [-0.39, 0.29) is 0 Å². The highest BCUT2D eigenvalue weighted by Crippen LogP contribution is 2.32. The van der Waals surface area contributed by atoms with Crippen LogP contribution in [0.1, 0.15) is 16.7 Å². The molecule has 0 spiro atoms. The Morgan fingerprint density at radius 1 is 1.28 bits per heavy atom. The highest BCUT2D eigenvalue weighted by atomic mass is 16.5. The predicted molar refractivity (Wildman–Crippen MR) is 76.4 cm³/mol. The second kappa shape index (κ2) is 5.05. The van der Waals surface area contributed by atoms with Crippen molar-refractivity contribution in [2.75, 3.05) is 6.61 Å². The summed E-state index contributed by atoms with van der Waals surface area (Å²) in [7, 11) is 0. The van der Waals surface area contributed by atoms with Crippen LogP contribution in [0, 0.1) is 13.8 Å². The quantitative estimate of drug-likeness (QED) is 0.770. The van der Waals surface area contributed by atoms with Crippen LogP contribution in [0.5, 0.6) is 5.75 Å². The van der Waals surface area contributed by atoms with Gasteiger partial charge in [-0.05, 0) is 31.0 Å². The van der Waals surface area contributed by atoms with Crippen molar-refractivity contribution in [1.29, 1.82) is 0 Å². The van der Waals surface area contributed by atoms with Gasteiger partial charge >= 0.3 is 0 Å². The Hall–Kier alpha value is -2.09. The van der Waals surface area contributed by atoms with Gasteiger partial charge in [-0.2, -0.15) is 0 Å². The number of ether oxygens (including phenoxy) is 1. The highest BCUT2D eigenvalue weighted by Gasteiger charge is 2.22. The molecule has 0 saturated carbocycles. The third kappa shape index (κ3) is 2.02. The zero-order chi connectivity index (χ0) is 13.1. The molecule has 18 heavy (non-hydrogen) atoms. The fourth-order valence-electron chi connectivity index (χ4n) is 2.07. The summed E-state index contributed by atoms with van der Waals surface area (Å²) in [6.07, 6.45) is 5.25. The molecule has 1 heterocycles. The van der Waals surface area contributed by atoms with E-state index in [0.717, 1.165) is 22.6 Å². The fourth-order valence-corrected chi connectivity index (χ4v) is 2.07. The first-order valence-corrected chi connectivity index (χ1v) is 5.93. The maximum Gasteiger partial charge on any atom is 0.132 e. The second-order valence-corrected chi connectivity index (χ2v) is 4.26. The second-order valence-electron chi connectivity index (χ2n) is 4.26. The topological polar surface area (TPSA) is 21.6 Å². The molecule has 1 aliphatic rings. The van der Waals surface area contributed by atoms with E-state index in [0.29, 0.717) is 6.61 Å². The Bertz CT molecular complexity index is 565. The van der Waals surface area contributed by atoms with Crippen molar-refractivity contribution >= 4 is 5.71 Å². The normalized spacial score (nSPS) is 18.3. The molecule has 0 saturated heterocycles. The smallest absolute Gasteiger partial charge is 0.132 e. The van der Waals surface area contributed by atoms with Crippen molar-refractivity contribution in [3.05, 3.63) is 65.9 Å². The molecule has 92 valence electrons. The van der Waals surface area contributed by atoms with Gasteiger partial charge in [-0.3, -0.25) is 4.99 Å². The molecule has 2 heteroatoms. The summed E-state index contributed by atoms with van der Waals surface area (Å²) in [5.41, 5.74) is 5.37. The molecule has 0 unspecified atom stereocenters. The Morgan fingerprint density at radius 2 is 2.06 bits per heavy atom. The Morgan fingerprint density at radius 3 is 2.72 bits per heavy atom. The van der Waals surface area contributed by atoms with Crippen molar-refractivity contribution in [2.45, 2.75) is 13.8 Å². The third-order valence-corrected chi connectivity index (χ3v) is 3.15. The van der Waals surface area contributed by atoms with Crippen molar-refractivity contribution in [1.82, 2.24) is 0 Å². The van der Waals surface area contributed by atoms with E-state index in [1.165, 1.54) is 11.1 Å². The lowest BCUT2D eigenvalue weighted by Gasteiger charge is -2.24. The standard InChI is InChI=1S/C16H17NO/c1-5-7-13-10-18-16-12(4)11(3)8-9-14(16)15(13)17-6-2/h5-9H,1-2,10H2,3-4H3/b13-7-,17-15+. The number of hydrogen-bond acceptors (Lipinski definition) is 2. The molecule has 1 aromatic rings. The Labute approximate surface area is 108 Å². The summed E-state index contributed by atoms with van der Waals surface area (Å²) in [5.74, 6) is 0.928. The summed E-state index contributed by atoms with van der Waals surface area (Å²) in [5, 5.41) is 0. The van der Waals surface area contributed by atoms with Gasteiger partial charge in [0.1, 0.15) is 12.4 Å². The van der Waals surface area contributed by atoms with Crippen LogP contribution >= 0.6 is 0 Å². The molecule has 2 nitrogen and oxygen atoms in total. The molecule has 0 aliphatic carbocycles. The molecule has 0 bridgehead atoms. The molecule has 0 fully saturated rings. The van der Waals surface area contributed by atoms with Gasteiger partial charge in [0.05, 0.1) is 5.71 Å². The zero-order valence-electron chi connectivity index (χ0n) is 10.9. The fraction of sp³-hybridized carbons (Fsp3) is 0.188. The number of fused-ring (bicyclic) bond motifs is 1. The Kier molecular flexibility index (Phi) is 3.47. The summed E-state index contributed by atoms with van der Waals surface area (Å²) >= 11 is 0. The molecule has 0 radical (unpaired) electrons. The van der Waals surface area contributed by atoms with Crippen LogP contribution < -0.4 is 4.74 Å². The van der Waals surface area contributed by atoms with E-state index < -0.39 is 0 Å². The largest absolute Gasteiger partial charge is 0.488 e. The first-order valence-electron chi connectivity index (χ1n) is 5.93. The number of allylic oxidation sites excluding steroid dienone is 2. The minimum Gasteiger partial charge on any atom is -0.488 e. The lowest BCUT2D eigenvalue weighted by Crippen LogP contribution is -2.20. The first-order chi connectivity index (χ1) is 8.69. The molecular formula is C16H17NO. The van der Waals surface area contributed by atoms with Crippen LogP contribution in [0.3, 0.4) is 0 Å².